The summed E-state index contributed by atoms with van der Waals surface area (Å²) in [6, 6.07) is 16.9. The number of amides is 2. The fourth-order valence-corrected chi connectivity index (χ4v) is 3.26. The first-order valence-electron chi connectivity index (χ1n) is 10.7. The summed E-state index contributed by atoms with van der Waals surface area (Å²) >= 11 is 5.86. The highest BCUT2D eigenvalue weighted by Gasteiger charge is 2.31. The highest BCUT2D eigenvalue weighted by molar-refractivity contribution is 6.30. The molecule has 0 saturated heterocycles. The molecule has 3 aromatic rings. The molecule has 0 radical (unpaired) electrons. The van der Waals surface area contributed by atoms with Crippen molar-refractivity contribution in [2.75, 3.05) is 13.2 Å². The van der Waals surface area contributed by atoms with Crippen LogP contribution in [0.2, 0.25) is 5.02 Å². The largest absolute Gasteiger partial charge is 0.573 e. The summed E-state index contributed by atoms with van der Waals surface area (Å²) < 4.78 is 46.7. The summed E-state index contributed by atoms with van der Waals surface area (Å²) in [7, 11) is 0. The van der Waals surface area contributed by atoms with Crippen molar-refractivity contribution in [1.29, 1.82) is 0 Å². The van der Waals surface area contributed by atoms with Crippen LogP contribution in [0.3, 0.4) is 0 Å². The normalized spacial score (nSPS) is 11.9. The highest BCUT2D eigenvalue weighted by Crippen LogP contribution is 2.24. The Hall–Kier alpha value is -3.76. The van der Waals surface area contributed by atoms with Crippen molar-refractivity contribution in [2.24, 2.45) is 0 Å². The van der Waals surface area contributed by atoms with E-state index in [9.17, 15) is 22.8 Å². The van der Waals surface area contributed by atoms with Crippen LogP contribution in [-0.2, 0) is 11.2 Å². The van der Waals surface area contributed by atoms with Crippen molar-refractivity contribution in [1.82, 2.24) is 10.6 Å². The Morgan fingerprint density at radius 2 is 1.44 bits per heavy atom. The van der Waals surface area contributed by atoms with Gasteiger partial charge in [0.05, 0.1) is 6.61 Å². The fraction of sp³-hybridized carbons (Fsp3) is 0.200. The number of aliphatic hydroxyl groups is 1. The molecule has 0 aliphatic heterocycles. The first-order chi connectivity index (χ1) is 17.1. The average molecular weight is 523 g/mol. The standard InChI is InChI=1S/C25H22ClF3N2O5/c26-18-5-11-20(12-6-18)35-19-9-3-17(4-10-19)23(33)31-22(24(34)30-13-14-32)15-16-1-7-21(8-2-16)36-25(27,28)29/h1-12,22,32H,13-15H2,(H,30,34)(H,31,33). The van der Waals surface area contributed by atoms with Crippen molar-refractivity contribution in [2.45, 2.75) is 18.8 Å². The molecule has 0 aliphatic carbocycles. The third-order valence-electron chi connectivity index (χ3n) is 4.80. The molecule has 0 aliphatic rings. The summed E-state index contributed by atoms with van der Waals surface area (Å²) in [6.45, 7) is -0.328. The number of carbonyl (C=O) groups excluding carboxylic acids is 2. The summed E-state index contributed by atoms with van der Waals surface area (Å²) in [4.78, 5) is 25.4. The molecule has 3 N–H and O–H groups in total. The molecule has 190 valence electrons. The van der Waals surface area contributed by atoms with Gasteiger partial charge in [-0.05, 0) is 66.2 Å². The molecule has 0 aromatic heterocycles. The van der Waals surface area contributed by atoms with Crippen LogP contribution in [0.25, 0.3) is 0 Å². The Balaban J connectivity index is 1.67. The summed E-state index contributed by atoms with van der Waals surface area (Å²) in [6.07, 6.45) is -4.83. The predicted octanol–water partition coefficient (Wildman–Crippen LogP) is 4.48. The molecule has 0 bridgehead atoms. The number of hydrogen-bond acceptors (Lipinski definition) is 5. The van der Waals surface area contributed by atoms with E-state index in [1.54, 1.807) is 36.4 Å². The Morgan fingerprint density at radius 1 is 0.889 bits per heavy atom. The smallest absolute Gasteiger partial charge is 0.457 e. The number of rotatable bonds is 10. The van der Waals surface area contributed by atoms with E-state index in [1.165, 1.54) is 24.3 Å². The van der Waals surface area contributed by atoms with E-state index in [1.807, 2.05) is 0 Å². The third-order valence-corrected chi connectivity index (χ3v) is 5.05. The van der Waals surface area contributed by atoms with Crippen molar-refractivity contribution in [3.8, 4) is 17.2 Å². The van der Waals surface area contributed by atoms with Gasteiger partial charge in [-0.25, -0.2) is 0 Å². The molecule has 36 heavy (non-hydrogen) atoms. The number of benzene rings is 3. The third kappa shape index (κ3) is 8.47. The van der Waals surface area contributed by atoms with Gasteiger partial charge >= 0.3 is 6.36 Å². The molecule has 0 saturated carbocycles. The van der Waals surface area contributed by atoms with Crippen LogP contribution in [0, 0.1) is 0 Å². The minimum absolute atomic E-state index is 0.00688. The molecule has 3 aromatic carbocycles. The van der Waals surface area contributed by atoms with E-state index >= 15 is 0 Å². The summed E-state index contributed by atoms with van der Waals surface area (Å²) in [5.41, 5.74) is 0.744. The second-order valence-corrected chi connectivity index (χ2v) is 7.95. The lowest BCUT2D eigenvalue weighted by atomic mass is 10.0. The summed E-state index contributed by atoms with van der Waals surface area (Å²) in [5.74, 6) is -0.474. The molecular weight excluding hydrogens is 501 g/mol. The number of hydrogen-bond donors (Lipinski definition) is 3. The van der Waals surface area contributed by atoms with Crippen LogP contribution in [0.15, 0.2) is 72.8 Å². The van der Waals surface area contributed by atoms with Crippen LogP contribution in [-0.4, -0.2) is 42.5 Å². The Labute approximate surface area is 209 Å². The first-order valence-corrected chi connectivity index (χ1v) is 11.1. The van der Waals surface area contributed by atoms with Gasteiger partial charge in [0, 0.05) is 23.6 Å². The van der Waals surface area contributed by atoms with Gasteiger partial charge in [-0.15, -0.1) is 13.2 Å². The van der Waals surface area contributed by atoms with Crippen LogP contribution in [0.5, 0.6) is 17.2 Å². The van der Waals surface area contributed by atoms with Crippen LogP contribution >= 0.6 is 11.6 Å². The average Bonchev–Trinajstić information content (AvgIpc) is 2.84. The predicted molar refractivity (Wildman–Crippen MR) is 126 cm³/mol. The lowest BCUT2D eigenvalue weighted by Gasteiger charge is -2.19. The zero-order valence-electron chi connectivity index (χ0n) is 18.7. The van der Waals surface area contributed by atoms with Gasteiger partial charge in [-0.3, -0.25) is 9.59 Å². The molecule has 1 unspecified atom stereocenters. The van der Waals surface area contributed by atoms with Crippen molar-refractivity contribution < 1.29 is 37.3 Å². The van der Waals surface area contributed by atoms with Crippen LogP contribution in [0.4, 0.5) is 13.2 Å². The minimum atomic E-state index is -4.82. The fourth-order valence-electron chi connectivity index (χ4n) is 3.13. The number of aliphatic hydroxyl groups excluding tert-OH is 1. The number of carbonyl (C=O) groups is 2. The Kier molecular flexibility index (Phi) is 9.15. The van der Waals surface area contributed by atoms with Gasteiger partial charge in [0.1, 0.15) is 23.3 Å². The van der Waals surface area contributed by atoms with E-state index in [2.05, 4.69) is 15.4 Å². The molecule has 2 amide bonds. The van der Waals surface area contributed by atoms with Crippen LogP contribution < -0.4 is 20.1 Å². The topological polar surface area (TPSA) is 96.9 Å². The number of ether oxygens (including phenoxy) is 2. The molecule has 3 rings (SSSR count). The molecule has 1 atom stereocenters. The van der Waals surface area contributed by atoms with Gasteiger partial charge in [-0.1, -0.05) is 23.7 Å². The number of nitrogens with one attached hydrogen (secondary N) is 2. The lowest BCUT2D eigenvalue weighted by molar-refractivity contribution is -0.274. The second kappa shape index (κ2) is 12.3. The number of halogens is 4. The summed E-state index contributed by atoms with van der Waals surface area (Å²) in [5, 5.41) is 14.7. The highest BCUT2D eigenvalue weighted by atomic mass is 35.5. The van der Waals surface area contributed by atoms with E-state index in [-0.39, 0.29) is 25.1 Å². The maximum absolute atomic E-state index is 12.8. The van der Waals surface area contributed by atoms with E-state index in [0.717, 1.165) is 12.1 Å². The van der Waals surface area contributed by atoms with Gasteiger partial charge in [0.2, 0.25) is 5.91 Å². The first kappa shape index (κ1) is 26.8. The van der Waals surface area contributed by atoms with Gasteiger partial charge in [0.15, 0.2) is 0 Å². The monoisotopic (exact) mass is 522 g/mol. The SMILES string of the molecule is O=C(NC(Cc1ccc(OC(F)(F)F)cc1)C(=O)NCCO)c1ccc(Oc2ccc(Cl)cc2)cc1. The van der Waals surface area contributed by atoms with Crippen molar-refractivity contribution >= 4 is 23.4 Å². The van der Waals surface area contributed by atoms with E-state index < -0.39 is 30.0 Å². The molecule has 0 spiro atoms. The molecule has 0 heterocycles. The van der Waals surface area contributed by atoms with Gasteiger partial charge < -0.3 is 25.2 Å². The van der Waals surface area contributed by atoms with E-state index in [0.29, 0.717) is 22.1 Å². The zero-order valence-corrected chi connectivity index (χ0v) is 19.5. The second-order valence-electron chi connectivity index (χ2n) is 7.52. The minimum Gasteiger partial charge on any atom is -0.457 e. The van der Waals surface area contributed by atoms with E-state index in [4.69, 9.17) is 21.4 Å². The Bertz CT molecular complexity index is 1150. The molecule has 7 nitrogen and oxygen atoms in total. The molecule has 0 fully saturated rings. The van der Waals surface area contributed by atoms with Crippen molar-refractivity contribution in [3.63, 3.8) is 0 Å². The van der Waals surface area contributed by atoms with Crippen LogP contribution in [0.1, 0.15) is 15.9 Å². The van der Waals surface area contributed by atoms with Crippen molar-refractivity contribution in [3.05, 3.63) is 88.9 Å². The quantitative estimate of drug-likeness (QED) is 0.365. The van der Waals surface area contributed by atoms with Gasteiger partial charge in [-0.2, -0.15) is 0 Å². The molecule has 11 heteroatoms. The molecular formula is C25H22ClF3N2O5. The maximum atomic E-state index is 12.8. The maximum Gasteiger partial charge on any atom is 0.573 e. The zero-order chi connectivity index (χ0) is 26.1. The Morgan fingerprint density at radius 3 is 2.00 bits per heavy atom. The number of alkyl halides is 3. The lowest BCUT2D eigenvalue weighted by Crippen LogP contribution is -2.48. The van der Waals surface area contributed by atoms with Gasteiger partial charge in [0.25, 0.3) is 5.91 Å².